The standard InChI is InChI=1S/C29H34ClN7O2/c1-18-6-7-22(30)16-26(18)35-8-10-36(11-9-35)27(28-32-33-34-37(28)17-23-5-4-12-39-23)24-15-21-13-19(2)20(3)14-25(21)31-29(24)38/h6-7,13-16,23,27H,4-5,8-12,17H2,1-3H3,(H,31,38). The lowest BCUT2D eigenvalue weighted by Crippen LogP contribution is -2.49. The predicted molar refractivity (Wildman–Crippen MR) is 153 cm³/mol. The van der Waals surface area contributed by atoms with E-state index in [0.29, 0.717) is 17.9 Å². The van der Waals surface area contributed by atoms with Crippen LogP contribution in [0.5, 0.6) is 0 Å². The van der Waals surface area contributed by atoms with Gasteiger partial charge in [0, 0.05) is 54.6 Å². The van der Waals surface area contributed by atoms with Crippen LogP contribution in [0, 0.1) is 20.8 Å². The lowest BCUT2D eigenvalue weighted by molar-refractivity contribution is 0.0906. The number of fused-ring (bicyclic) bond motifs is 1. The first-order valence-corrected chi connectivity index (χ1v) is 14.0. The molecule has 0 aliphatic carbocycles. The zero-order valence-corrected chi connectivity index (χ0v) is 23.4. The molecule has 9 nitrogen and oxygen atoms in total. The van der Waals surface area contributed by atoms with Crippen LogP contribution in [0.3, 0.4) is 0 Å². The second-order valence-corrected chi connectivity index (χ2v) is 11.2. The largest absolute Gasteiger partial charge is 0.376 e. The monoisotopic (exact) mass is 547 g/mol. The van der Waals surface area contributed by atoms with Gasteiger partial charge in [-0.1, -0.05) is 17.7 Å². The fourth-order valence-corrected chi connectivity index (χ4v) is 6.03. The molecule has 6 rings (SSSR count). The lowest BCUT2D eigenvalue weighted by Gasteiger charge is -2.40. The lowest BCUT2D eigenvalue weighted by atomic mass is 10.00. The van der Waals surface area contributed by atoms with Gasteiger partial charge < -0.3 is 14.6 Å². The van der Waals surface area contributed by atoms with E-state index in [1.54, 1.807) is 0 Å². The molecular formula is C29H34ClN7O2. The fourth-order valence-electron chi connectivity index (χ4n) is 5.86. The Morgan fingerprint density at radius 3 is 2.62 bits per heavy atom. The minimum absolute atomic E-state index is 0.0797. The summed E-state index contributed by atoms with van der Waals surface area (Å²) in [7, 11) is 0. The van der Waals surface area contributed by atoms with Crippen LogP contribution >= 0.6 is 11.6 Å². The summed E-state index contributed by atoms with van der Waals surface area (Å²) in [5, 5.41) is 14.6. The van der Waals surface area contributed by atoms with Gasteiger partial charge >= 0.3 is 0 Å². The van der Waals surface area contributed by atoms with Gasteiger partial charge in [-0.25, -0.2) is 4.68 Å². The van der Waals surface area contributed by atoms with E-state index < -0.39 is 6.04 Å². The average molecular weight is 548 g/mol. The topological polar surface area (TPSA) is 92.2 Å². The van der Waals surface area contributed by atoms with E-state index in [9.17, 15) is 4.79 Å². The van der Waals surface area contributed by atoms with Crippen molar-refractivity contribution in [2.45, 2.75) is 52.3 Å². The molecule has 2 unspecified atom stereocenters. The van der Waals surface area contributed by atoms with Crippen molar-refractivity contribution in [1.29, 1.82) is 0 Å². The number of anilines is 1. The van der Waals surface area contributed by atoms with Gasteiger partial charge in [0.1, 0.15) is 6.04 Å². The Morgan fingerprint density at radius 1 is 1.05 bits per heavy atom. The fraction of sp³-hybridized carbons (Fsp3) is 0.448. The van der Waals surface area contributed by atoms with E-state index in [1.165, 1.54) is 11.1 Å². The zero-order chi connectivity index (χ0) is 27.1. The number of halogens is 1. The van der Waals surface area contributed by atoms with Gasteiger partial charge in [-0.2, -0.15) is 0 Å². The Bertz CT molecular complexity index is 1550. The summed E-state index contributed by atoms with van der Waals surface area (Å²) >= 11 is 6.33. The van der Waals surface area contributed by atoms with E-state index >= 15 is 0 Å². The van der Waals surface area contributed by atoms with Crippen LogP contribution in [0.1, 0.15) is 47.0 Å². The summed E-state index contributed by atoms with van der Waals surface area (Å²) in [6, 6.07) is 11.8. The van der Waals surface area contributed by atoms with Crippen LogP contribution < -0.4 is 10.5 Å². The first-order chi connectivity index (χ1) is 18.9. The third kappa shape index (κ3) is 5.18. The molecule has 2 saturated heterocycles. The number of H-pyrrole nitrogens is 1. The molecule has 0 saturated carbocycles. The van der Waals surface area contributed by atoms with Gasteiger partial charge in [0.25, 0.3) is 5.56 Å². The Kier molecular flexibility index (Phi) is 7.14. The number of aromatic amines is 1. The quantitative estimate of drug-likeness (QED) is 0.387. The van der Waals surface area contributed by atoms with Crippen molar-refractivity contribution >= 4 is 28.2 Å². The second-order valence-electron chi connectivity index (χ2n) is 10.8. The number of hydrogen-bond acceptors (Lipinski definition) is 7. The van der Waals surface area contributed by atoms with Gasteiger partial charge in [0.15, 0.2) is 5.82 Å². The summed E-state index contributed by atoms with van der Waals surface area (Å²) < 4.78 is 7.72. The summed E-state index contributed by atoms with van der Waals surface area (Å²) in [6.07, 6.45) is 2.10. The van der Waals surface area contributed by atoms with Crippen LogP contribution in [0.15, 0.2) is 41.2 Å². The maximum Gasteiger partial charge on any atom is 0.253 e. The van der Waals surface area contributed by atoms with Gasteiger partial charge in [0.2, 0.25) is 0 Å². The molecule has 39 heavy (non-hydrogen) atoms. The van der Waals surface area contributed by atoms with E-state index in [1.807, 2.05) is 28.9 Å². The molecule has 204 valence electrons. The van der Waals surface area contributed by atoms with E-state index in [4.69, 9.17) is 16.3 Å². The van der Waals surface area contributed by atoms with Crippen LogP contribution in [-0.2, 0) is 11.3 Å². The van der Waals surface area contributed by atoms with Crippen molar-refractivity contribution in [3.05, 3.63) is 79.9 Å². The maximum absolute atomic E-state index is 13.6. The van der Waals surface area contributed by atoms with Crippen LogP contribution in [0.2, 0.25) is 5.02 Å². The molecule has 0 radical (unpaired) electrons. The van der Waals surface area contributed by atoms with E-state index in [0.717, 1.165) is 72.8 Å². The molecular weight excluding hydrogens is 514 g/mol. The summed E-state index contributed by atoms with van der Waals surface area (Å²) in [5.41, 5.74) is 6.06. The molecule has 2 aromatic heterocycles. The summed E-state index contributed by atoms with van der Waals surface area (Å²) in [5.74, 6) is 0.673. The summed E-state index contributed by atoms with van der Waals surface area (Å²) in [4.78, 5) is 21.4. The van der Waals surface area contributed by atoms with Crippen molar-refractivity contribution in [3.63, 3.8) is 0 Å². The van der Waals surface area contributed by atoms with Crippen molar-refractivity contribution in [3.8, 4) is 0 Å². The first-order valence-electron chi connectivity index (χ1n) is 13.6. The smallest absolute Gasteiger partial charge is 0.253 e. The Labute approximate surface area is 232 Å². The first kappa shape index (κ1) is 26.0. The van der Waals surface area contributed by atoms with Crippen molar-refractivity contribution < 1.29 is 4.74 Å². The number of nitrogens with one attached hydrogen (secondary N) is 1. The Balaban J connectivity index is 1.38. The third-order valence-electron chi connectivity index (χ3n) is 8.18. The number of tetrazole rings is 1. The molecule has 0 bridgehead atoms. The molecule has 4 heterocycles. The molecule has 2 fully saturated rings. The molecule has 10 heteroatoms. The predicted octanol–water partition coefficient (Wildman–Crippen LogP) is 4.18. The van der Waals surface area contributed by atoms with Gasteiger partial charge in [0.05, 0.1) is 12.6 Å². The number of pyridine rings is 1. The van der Waals surface area contributed by atoms with Gasteiger partial charge in [-0.15, -0.1) is 5.10 Å². The molecule has 4 aromatic rings. The minimum Gasteiger partial charge on any atom is -0.376 e. The molecule has 2 aromatic carbocycles. The van der Waals surface area contributed by atoms with Crippen molar-refractivity contribution in [2.75, 3.05) is 37.7 Å². The number of rotatable bonds is 6. The maximum atomic E-state index is 13.6. The number of ether oxygens (including phenoxy) is 1. The Morgan fingerprint density at radius 2 is 1.85 bits per heavy atom. The normalized spacial score (nSPS) is 19.2. The number of aromatic nitrogens is 5. The van der Waals surface area contributed by atoms with E-state index in [-0.39, 0.29) is 11.7 Å². The number of piperazine rings is 1. The highest BCUT2D eigenvalue weighted by molar-refractivity contribution is 6.30. The third-order valence-corrected chi connectivity index (χ3v) is 8.41. The van der Waals surface area contributed by atoms with E-state index in [2.05, 4.69) is 63.2 Å². The highest BCUT2D eigenvalue weighted by Gasteiger charge is 2.34. The number of aryl methyl sites for hydroxylation is 3. The SMILES string of the molecule is Cc1cc2cc(C(c3nnnn3CC3CCCO3)N3CCN(c4cc(Cl)ccc4C)CC3)c(=O)[nH]c2cc1C. The second kappa shape index (κ2) is 10.7. The van der Waals surface area contributed by atoms with Gasteiger partial charge in [-0.05, 0) is 96.4 Å². The average Bonchev–Trinajstić information content (AvgIpc) is 3.61. The molecule has 0 amide bonds. The molecule has 2 aliphatic rings. The van der Waals surface area contributed by atoms with Crippen molar-refractivity contribution in [2.24, 2.45) is 0 Å². The van der Waals surface area contributed by atoms with Gasteiger partial charge in [-0.3, -0.25) is 9.69 Å². The highest BCUT2D eigenvalue weighted by atomic mass is 35.5. The highest BCUT2D eigenvalue weighted by Crippen LogP contribution is 2.31. The van der Waals surface area contributed by atoms with Crippen LogP contribution in [0.25, 0.3) is 10.9 Å². The zero-order valence-electron chi connectivity index (χ0n) is 22.7. The molecule has 2 atom stereocenters. The van der Waals surface area contributed by atoms with Crippen LogP contribution in [0.4, 0.5) is 5.69 Å². The summed E-state index contributed by atoms with van der Waals surface area (Å²) in [6.45, 7) is 10.7. The number of benzene rings is 2. The molecule has 2 aliphatic heterocycles. The van der Waals surface area contributed by atoms with Crippen LogP contribution in [-0.4, -0.2) is 69.0 Å². The minimum atomic E-state index is -0.390. The number of nitrogens with zero attached hydrogens (tertiary/aromatic N) is 6. The Hall–Kier alpha value is -3.27. The number of hydrogen-bond donors (Lipinski definition) is 1. The molecule has 1 N–H and O–H groups in total. The molecule has 0 spiro atoms. The van der Waals surface area contributed by atoms with Crippen molar-refractivity contribution in [1.82, 2.24) is 30.1 Å².